The monoisotopic (exact) mass is 392 g/mol. The summed E-state index contributed by atoms with van der Waals surface area (Å²) in [4.78, 5) is 12.0. The van der Waals surface area contributed by atoms with Gasteiger partial charge in [-0.15, -0.1) is 0 Å². The van der Waals surface area contributed by atoms with Gasteiger partial charge < -0.3 is 14.8 Å². The molecule has 0 heterocycles. The first-order valence-corrected chi connectivity index (χ1v) is 9.91. The summed E-state index contributed by atoms with van der Waals surface area (Å²) in [5.74, 6) is 0.573. The van der Waals surface area contributed by atoms with Gasteiger partial charge in [0.05, 0.1) is 24.7 Å². The highest BCUT2D eigenvalue weighted by molar-refractivity contribution is 7.89. The number of nitrogens with one attached hydrogen (secondary N) is 2. The van der Waals surface area contributed by atoms with Crippen LogP contribution in [0.3, 0.4) is 0 Å². The second-order valence-electron chi connectivity index (χ2n) is 5.80. The van der Waals surface area contributed by atoms with E-state index in [9.17, 15) is 13.2 Å². The summed E-state index contributed by atoms with van der Waals surface area (Å²) >= 11 is 0. The van der Waals surface area contributed by atoms with Crippen LogP contribution in [-0.2, 0) is 10.0 Å². The van der Waals surface area contributed by atoms with Crippen molar-refractivity contribution in [3.8, 4) is 11.5 Å². The van der Waals surface area contributed by atoms with Crippen LogP contribution in [0.1, 0.15) is 35.3 Å². The first kappa shape index (κ1) is 20.7. The van der Waals surface area contributed by atoms with Gasteiger partial charge in [0.15, 0.2) is 0 Å². The van der Waals surface area contributed by atoms with Gasteiger partial charge >= 0.3 is 0 Å². The van der Waals surface area contributed by atoms with Gasteiger partial charge in [0, 0.05) is 13.1 Å². The summed E-state index contributed by atoms with van der Waals surface area (Å²) in [5.41, 5.74) is 0.974. The van der Waals surface area contributed by atoms with Gasteiger partial charge in [-0.3, -0.25) is 4.79 Å². The minimum absolute atomic E-state index is 0.00568. The molecule has 1 atom stereocenters. The third kappa shape index (κ3) is 4.78. The van der Waals surface area contributed by atoms with Crippen LogP contribution in [0.2, 0.25) is 0 Å². The van der Waals surface area contributed by atoms with Gasteiger partial charge in [0.1, 0.15) is 11.5 Å². The van der Waals surface area contributed by atoms with Crippen LogP contribution in [0, 0.1) is 0 Å². The molecule has 2 N–H and O–H groups in total. The molecule has 0 bridgehead atoms. The van der Waals surface area contributed by atoms with Crippen molar-refractivity contribution in [1.82, 2.24) is 10.0 Å². The predicted octanol–water partition coefficient (Wildman–Crippen LogP) is 2.49. The van der Waals surface area contributed by atoms with Crippen LogP contribution in [0.5, 0.6) is 11.5 Å². The number of sulfonamides is 1. The Balaban J connectivity index is 2.34. The smallest absolute Gasteiger partial charge is 0.254 e. The first-order valence-electron chi connectivity index (χ1n) is 8.42. The summed E-state index contributed by atoms with van der Waals surface area (Å²) in [7, 11) is 0.623. The van der Waals surface area contributed by atoms with E-state index in [1.165, 1.54) is 32.4 Å². The van der Waals surface area contributed by atoms with E-state index in [0.717, 1.165) is 5.56 Å². The van der Waals surface area contributed by atoms with Crippen molar-refractivity contribution in [3.63, 3.8) is 0 Å². The average Bonchev–Trinajstić information content (AvgIpc) is 2.71. The van der Waals surface area contributed by atoms with Crippen molar-refractivity contribution in [1.29, 1.82) is 0 Å². The van der Waals surface area contributed by atoms with E-state index in [1.54, 1.807) is 19.2 Å². The maximum absolute atomic E-state index is 12.9. The van der Waals surface area contributed by atoms with E-state index in [1.807, 2.05) is 19.1 Å². The number of carbonyl (C=O) groups excluding carboxylic acids is 1. The standard InChI is InChI=1S/C19H24N2O5S/c1-5-17(13-6-8-14(25-3)9-7-13)21-27(23,24)15-10-11-18(26-4)16(12-15)19(22)20-2/h6-12,17,21H,5H2,1-4H3,(H,20,22)/t17-/m1/s1. The lowest BCUT2D eigenvalue weighted by Gasteiger charge is -2.18. The Labute approximate surface area is 159 Å². The summed E-state index contributed by atoms with van der Waals surface area (Å²) in [5, 5.41) is 2.48. The topological polar surface area (TPSA) is 93.7 Å². The molecule has 0 saturated carbocycles. The summed E-state index contributed by atoms with van der Waals surface area (Å²) in [6.45, 7) is 1.89. The highest BCUT2D eigenvalue weighted by Gasteiger charge is 2.23. The number of amides is 1. The second kappa shape index (κ2) is 8.88. The van der Waals surface area contributed by atoms with Crippen LogP contribution in [-0.4, -0.2) is 35.6 Å². The lowest BCUT2D eigenvalue weighted by Crippen LogP contribution is -2.29. The number of rotatable bonds is 8. The lowest BCUT2D eigenvalue weighted by molar-refractivity contribution is 0.0960. The van der Waals surface area contributed by atoms with Crippen molar-refractivity contribution in [3.05, 3.63) is 53.6 Å². The minimum Gasteiger partial charge on any atom is -0.497 e. The highest BCUT2D eigenvalue weighted by Crippen LogP contribution is 2.25. The number of ether oxygens (including phenoxy) is 2. The fraction of sp³-hybridized carbons (Fsp3) is 0.316. The molecular formula is C19H24N2O5S. The van der Waals surface area contributed by atoms with Crippen molar-refractivity contribution < 1.29 is 22.7 Å². The zero-order valence-corrected chi connectivity index (χ0v) is 16.6. The average molecular weight is 392 g/mol. The van der Waals surface area contributed by atoms with Gasteiger partial charge in [-0.1, -0.05) is 19.1 Å². The van der Waals surface area contributed by atoms with Gasteiger partial charge in [0.2, 0.25) is 10.0 Å². The summed E-state index contributed by atoms with van der Waals surface area (Å²) < 4.78 is 38.7. The number of hydrogen-bond donors (Lipinski definition) is 2. The molecule has 2 rings (SSSR count). The summed E-state index contributed by atoms with van der Waals surface area (Å²) in [6, 6.07) is 11.0. The van der Waals surface area contributed by atoms with Crippen molar-refractivity contribution >= 4 is 15.9 Å². The van der Waals surface area contributed by atoms with Crippen LogP contribution < -0.4 is 19.5 Å². The number of carbonyl (C=O) groups is 1. The van der Waals surface area contributed by atoms with E-state index < -0.39 is 22.0 Å². The SMILES string of the molecule is CC[C@@H](NS(=O)(=O)c1ccc(OC)c(C(=O)NC)c1)c1ccc(OC)cc1. The molecule has 2 aromatic rings. The largest absolute Gasteiger partial charge is 0.497 e. The zero-order chi connectivity index (χ0) is 20.0. The molecule has 0 aliphatic rings. The van der Waals surface area contributed by atoms with Crippen LogP contribution in [0.15, 0.2) is 47.4 Å². The van der Waals surface area contributed by atoms with Crippen molar-refractivity contribution in [2.75, 3.05) is 21.3 Å². The molecule has 146 valence electrons. The quantitative estimate of drug-likeness (QED) is 0.720. The van der Waals surface area contributed by atoms with E-state index in [2.05, 4.69) is 10.0 Å². The second-order valence-corrected chi connectivity index (χ2v) is 7.51. The molecule has 0 saturated heterocycles. The Morgan fingerprint density at radius 2 is 1.74 bits per heavy atom. The Morgan fingerprint density at radius 1 is 1.07 bits per heavy atom. The van der Waals surface area contributed by atoms with Gasteiger partial charge in [-0.25, -0.2) is 13.1 Å². The normalized spacial score (nSPS) is 12.3. The fourth-order valence-electron chi connectivity index (χ4n) is 2.64. The molecule has 7 nitrogen and oxygen atoms in total. The van der Waals surface area contributed by atoms with Gasteiger partial charge in [-0.2, -0.15) is 0 Å². The minimum atomic E-state index is -3.84. The molecule has 1 amide bonds. The molecule has 0 aromatic heterocycles. The Hall–Kier alpha value is -2.58. The van der Waals surface area contributed by atoms with E-state index in [-0.39, 0.29) is 10.5 Å². The lowest BCUT2D eigenvalue weighted by atomic mass is 10.1. The van der Waals surface area contributed by atoms with Crippen molar-refractivity contribution in [2.24, 2.45) is 0 Å². The molecule has 0 aliphatic heterocycles. The van der Waals surface area contributed by atoms with E-state index >= 15 is 0 Å². The molecule has 8 heteroatoms. The molecule has 0 spiro atoms. The molecule has 0 aliphatic carbocycles. The van der Waals surface area contributed by atoms with E-state index in [4.69, 9.17) is 9.47 Å². The number of benzene rings is 2. The summed E-state index contributed by atoms with van der Waals surface area (Å²) in [6.07, 6.45) is 0.560. The molecule has 0 fully saturated rings. The first-order chi connectivity index (χ1) is 12.9. The van der Waals surface area contributed by atoms with Crippen LogP contribution in [0.4, 0.5) is 0 Å². The van der Waals surface area contributed by atoms with Crippen molar-refractivity contribution in [2.45, 2.75) is 24.3 Å². The molecule has 0 unspecified atom stereocenters. The molecule has 2 aromatic carbocycles. The number of methoxy groups -OCH3 is 2. The highest BCUT2D eigenvalue weighted by atomic mass is 32.2. The van der Waals surface area contributed by atoms with Gasteiger partial charge in [0.25, 0.3) is 5.91 Å². The van der Waals surface area contributed by atoms with Crippen LogP contribution in [0.25, 0.3) is 0 Å². The Bertz CT molecular complexity index is 895. The maximum Gasteiger partial charge on any atom is 0.254 e. The Morgan fingerprint density at radius 3 is 2.26 bits per heavy atom. The van der Waals surface area contributed by atoms with Crippen LogP contribution >= 0.6 is 0 Å². The molecular weight excluding hydrogens is 368 g/mol. The predicted molar refractivity (Wildman–Crippen MR) is 103 cm³/mol. The van der Waals surface area contributed by atoms with E-state index in [0.29, 0.717) is 17.9 Å². The molecule has 27 heavy (non-hydrogen) atoms. The molecule has 0 radical (unpaired) electrons. The van der Waals surface area contributed by atoms with Gasteiger partial charge in [-0.05, 0) is 42.3 Å². The Kier molecular flexibility index (Phi) is 6.81. The maximum atomic E-state index is 12.9. The number of hydrogen-bond acceptors (Lipinski definition) is 5. The zero-order valence-electron chi connectivity index (χ0n) is 15.8. The fourth-order valence-corrected chi connectivity index (χ4v) is 3.98. The third-order valence-electron chi connectivity index (χ3n) is 4.18. The third-order valence-corrected chi connectivity index (χ3v) is 5.65.